The molecule has 0 saturated heterocycles. The van der Waals surface area contributed by atoms with Crippen LogP contribution < -0.4 is 0 Å². The van der Waals surface area contributed by atoms with Crippen LogP contribution >= 0.6 is 0 Å². The number of nitriles is 1. The van der Waals surface area contributed by atoms with Crippen molar-refractivity contribution in [3.63, 3.8) is 0 Å². The van der Waals surface area contributed by atoms with E-state index >= 15 is 0 Å². The van der Waals surface area contributed by atoms with Gasteiger partial charge in [0.15, 0.2) is 17.5 Å². The Balaban J connectivity index is 1.16. The molecule has 0 radical (unpaired) electrons. The van der Waals surface area contributed by atoms with Gasteiger partial charge in [-0.05, 0) is 54.1 Å². The summed E-state index contributed by atoms with van der Waals surface area (Å²) in [4.78, 5) is 14.8. The minimum Gasteiger partial charge on any atom is -0.456 e. The van der Waals surface area contributed by atoms with Crippen molar-refractivity contribution in [1.29, 1.82) is 5.26 Å². The van der Waals surface area contributed by atoms with Gasteiger partial charge in [0.25, 0.3) is 0 Å². The zero-order chi connectivity index (χ0) is 34.6. The highest BCUT2D eigenvalue weighted by Gasteiger charge is 2.20. The van der Waals surface area contributed by atoms with Crippen molar-refractivity contribution in [2.45, 2.75) is 0 Å². The Morgan fingerprint density at radius 3 is 1.75 bits per heavy atom. The van der Waals surface area contributed by atoms with Gasteiger partial charge in [-0.25, -0.2) is 15.0 Å². The Hall–Kier alpha value is -7.36. The van der Waals surface area contributed by atoms with Crippen LogP contribution in [0.25, 0.3) is 94.7 Å². The highest BCUT2D eigenvalue weighted by atomic mass is 16.3. The van der Waals surface area contributed by atoms with Gasteiger partial charge in [-0.15, -0.1) is 0 Å². The van der Waals surface area contributed by atoms with Crippen molar-refractivity contribution in [2.75, 3.05) is 0 Å². The number of hydrogen-bond acceptors (Lipinski definition) is 5. The van der Waals surface area contributed by atoms with Gasteiger partial charge in [0, 0.05) is 43.8 Å². The average Bonchev–Trinajstić information content (AvgIpc) is 3.76. The Morgan fingerprint density at radius 2 is 1.02 bits per heavy atom. The standard InChI is InChI=1S/C46H27N5O/c47-28-38-33(31-23-25-43-37(26-31)35-17-8-10-21-42(35)52-43)18-11-20-40(38)51-39-19-9-7-16-34(39)36-27-32(22-24-41(36)51)46-49-44(29-12-3-1-4-13-29)48-45(50-46)30-14-5-2-6-15-30/h1-27H. The molecule has 0 N–H and O–H groups in total. The minimum atomic E-state index is 0.591. The van der Waals surface area contributed by atoms with Gasteiger partial charge in [-0.2, -0.15) is 5.26 Å². The number of benzene rings is 7. The van der Waals surface area contributed by atoms with E-state index < -0.39 is 0 Å². The highest BCUT2D eigenvalue weighted by molar-refractivity contribution is 6.11. The molecule has 0 spiro atoms. The molecule has 0 bridgehead atoms. The van der Waals surface area contributed by atoms with Crippen molar-refractivity contribution in [3.05, 3.63) is 169 Å². The maximum absolute atomic E-state index is 10.8. The topological polar surface area (TPSA) is 80.5 Å². The second kappa shape index (κ2) is 11.9. The van der Waals surface area contributed by atoms with E-state index in [4.69, 9.17) is 19.4 Å². The molecule has 0 atom stereocenters. The van der Waals surface area contributed by atoms with Crippen LogP contribution in [0.1, 0.15) is 5.56 Å². The predicted molar refractivity (Wildman–Crippen MR) is 208 cm³/mol. The summed E-state index contributed by atoms with van der Waals surface area (Å²) in [6.07, 6.45) is 0. The van der Waals surface area contributed by atoms with Crippen LogP contribution in [-0.4, -0.2) is 19.5 Å². The van der Waals surface area contributed by atoms with Gasteiger partial charge in [0.1, 0.15) is 17.2 Å². The zero-order valence-corrected chi connectivity index (χ0v) is 27.7. The molecule has 6 nitrogen and oxygen atoms in total. The Morgan fingerprint density at radius 1 is 0.442 bits per heavy atom. The third-order valence-electron chi connectivity index (χ3n) is 9.71. The molecule has 0 aliphatic rings. The molecular formula is C46H27N5O. The fourth-order valence-corrected chi connectivity index (χ4v) is 7.29. The lowest BCUT2D eigenvalue weighted by Gasteiger charge is -2.14. The number of para-hydroxylation sites is 2. The third kappa shape index (κ3) is 4.76. The van der Waals surface area contributed by atoms with Gasteiger partial charge in [0.05, 0.1) is 22.3 Å². The summed E-state index contributed by atoms with van der Waals surface area (Å²) < 4.78 is 8.29. The van der Waals surface area contributed by atoms with Crippen molar-refractivity contribution in [1.82, 2.24) is 19.5 Å². The molecule has 0 unspecified atom stereocenters. The Bertz CT molecular complexity index is 2970. The number of rotatable bonds is 5. The van der Waals surface area contributed by atoms with Crippen LogP contribution in [0.5, 0.6) is 0 Å². The first-order valence-electron chi connectivity index (χ1n) is 17.1. The molecule has 3 heterocycles. The summed E-state index contributed by atoms with van der Waals surface area (Å²) in [7, 11) is 0. The molecular weight excluding hydrogens is 639 g/mol. The number of nitrogens with zero attached hydrogens (tertiary/aromatic N) is 5. The fourth-order valence-electron chi connectivity index (χ4n) is 7.29. The molecule has 0 saturated carbocycles. The lowest BCUT2D eigenvalue weighted by Crippen LogP contribution is -2.01. The predicted octanol–water partition coefficient (Wildman–Crippen LogP) is 11.4. The first kappa shape index (κ1) is 29.5. The summed E-state index contributed by atoms with van der Waals surface area (Å²) in [6.45, 7) is 0. The fraction of sp³-hybridized carbons (Fsp3) is 0. The van der Waals surface area contributed by atoms with Gasteiger partial charge < -0.3 is 8.98 Å². The summed E-state index contributed by atoms with van der Waals surface area (Å²) >= 11 is 0. The van der Waals surface area contributed by atoms with Gasteiger partial charge in [0.2, 0.25) is 0 Å². The van der Waals surface area contributed by atoms with Crippen molar-refractivity contribution >= 4 is 43.7 Å². The number of fused-ring (bicyclic) bond motifs is 6. The summed E-state index contributed by atoms with van der Waals surface area (Å²) in [5.41, 5.74) is 9.60. The van der Waals surface area contributed by atoms with Crippen LogP contribution in [0.15, 0.2) is 168 Å². The molecule has 0 amide bonds. The van der Waals surface area contributed by atoms with E-state index in [0.717, 1.165) is 77.2 Å². The van der Waals surface area contributed by atoms with E-state index in [1.54, 1.807) is 0 Å². The second-order valence-electron chi connectivity index (χ2n) is 12.7. The third-order valence-corrected chi connectivity index (χ3v) is 9.71. The van der Waals surface area contributed by atoms with E-state index in [0.29, 0.717) is 23.0 Å². The van der Waals surface area contributed by atoms with Crippen molar-refractivity contribution in [3.8, 4) is 57.0 Å². The van der Waals surface area contributed by atoms with Crippen LogP contribution in [0.4, 0.5) is 0 Å². The normalized spacial score (nSPS) is 11.4. The maximum atomic E-state index is 10.8. The Labute approximate surface area is 298 Å². The van der Waals surface area contributed by atoms with E-state index in [-0.39, 0.29) is 0 Å². The highest BCUT2D eigenvalue weighted by Crippen LogP contribution is 2.39. The molecule has 52 heavy (non-hydrogen) atoms. The molecule has 10 rings (SSSR count). The molecule has 3 aromatic heterocycles. The first-order chi connectivity index (χ1) is 25.7. The lowest BCUT2D eigenvalue weighted by molar-refractivity contribution is 0.669. The Kier molecular flexibility index (Phi) is 6.76. The molecule has 0 aliphatic carbocycles. The summed E-state index contributed by atoms with van der Waals surface area (Å²) in [5.74, 6) is 1.82. The molecule has 6 heteroatoms. The van der Waals surface area contributed by atoms with E-state index in [2.05, 4.69) is 59.2 Å². The molecule has 0 aliphatic heterocycles. The smallest absolute Gasteiger partial charge is 0.164 e. The molecule has 10 aromatic rings. The van der Waals surface area contributed by atoms with Gasteiger partial charge >= 0.3 is 0 Å². The van der Waals surface area contributed by atoms with Crippen LogP contribution in [0, 0.1) is 11.3 Å². The second-order valence-corrected chi connectivity index (χ2v) is 12.7. The van der Waals surface area contributed by atoms with E-state index in [9.17, 15) is 5.26 Å². The van der Waals surface area contributed by atoms with Gasteiger partial charge in [-0.1, -0.05) is 115 Å². The van der Waals surface area contributed by atoms with Crippen LogP contribution in [0.3, 0.4) is 0 Å². The summed E-state index contributed by atoms with van der Waals surface area (Å²) in [6, 6.07) is 57.5. The molecule has 7 aromatic carbocycles. The number of aromatic nitrogens is 4. The monoisotopic (exact) mass is 665 g/mol. The van der Waals surface area contributed by atoms with Crippen molar-refractivity contribution in [2.24, 2.45) is 0 Å². The van der Waals surface area contributed by atoms with Crippen LogP contribution in [-0.2, 0) is 0 Å². The van der Waals surface area contributed by atoms with Gasteiger partial charge in [-0.3, -0.25) is 0 Å². The maximum Gasteiger partial charge on any atom is 0.164 e. The number of hydrogen-bond donors (Lipinski definition) is 0. The first-order valence-corrected chi connectivity index (χ1v) is 17.1. The number of furan rings is 1. The summed E-state index contributed by atoms with van der Waals surface area (Å²) in [5, 5.41) is 15.0. The molecule has 242 valence electrons. The van der Waals surface area contributed by atoms with E-state index in [1.165, 1.54) is 0 Å². The quantitative estimate of drug-likeness (QED) is 0.183. The van der Waals surface area contributed by atoms with Crippen LogP contribution in [0.2, 0.25) is 0 Å². The largest absolute Gasteiger partial charge is 0.456 e. The van der Waals surface area contributed by atoms with Crippen molar-refractivity contribution < 1.29 is 4.42 Å². The lowest BCUT2D eigenvalue weighted by atomic mass is 9.97. The average molecular weight is 666 g/mol. The minimum absolute atomic E-state index is 0.591. The zero-order valence-electron chi connectivity index (χ0n) is 27.7. The molecule has 0 fully saturated rings. The SMILES string of the molecule is N#Cc1c(-c2ccc3oc4ccccc4c3c2)cccc1-n1c2ccccc2c2cc(-c3nc(-c4ccccc4)nc(-c4ccccc4)n3)ccc21. The van der Waals surface area contributed by atoms with E-state index in [1.807, 2.05) is 115 Å².